The average Bonchev–Trinajstić information content (AvgIpc) is 2.54. The quantitative estimate of drug-likeness (QED) is 0.730. The van der Waals surface area contributed by atoms with Crippen LogP contribution in [-0.2, 0) is 6.54 Å². The van der Waals surface area contributed by atoms with Gasteiger partial charge in [-0.25, -0.2) is 4.68 Å². The van der Waals surface area contributed by atoms with Crippen molar-refractivity contribution in [3.05, 3.63) is 58.5 Å². The topological polar surface area (TPSA) is 37.8 Å². The van der Waals surface area contributed by atoms with Crippen molar-refractivity contribution in [1.82, 2.24) is 9.78 Å². The monoisotopic (exact) mass is 174 g/mol. The van der Waals surface area contributed by atoms with Gasteiger partial charge in [-0.1, -0.05) is 30.3 Å². The van der Waals surface area contributed by atoms with E-state index in [4.69, 9.17) is 0 Å². The van der Waals surface area contributed by atoms with Crippen LogP contribution in [-0.4, -0.2) is 9.78 Å². The van der Waals surface area contributed by atoms with Crippen LogP contribution in [0.3, 0.4) is 0 Å². The van der Waals surface area contributed by atoms with E-state index in [1.54, 1.807) is 10.9 Å². The number of hydrogen-bond acceptors (Lipinski definition) is 1. The zero-order valence-electron chi connectivity index (χ0n) is 7.10. The second kappa shape index (κ2) is 3.31. The molecule has 0 aliphatic heterocycles. The Labute approximate surface area is 75.6 Å². The zero-order valence-corrected chi connectivity index (χ0v) is 7.10. The van der Waals surface area contributed by atoms with Crippen LogP contribution >= 0.6 is 0 Å². The Balaban J connectivity index is 2.25. The Morgan fingerprint density at radius 1 is 1.15 bits per heavy atom. The molecule has 66 valence electrons. The molecule has 2 aromatic rings. The van der Waals surface area contributed by atoms with Gasteiger partial charge in [0.25, 0.3) is 5.56 Å². The van der Waals surface area contributed by atoms with Crippen LogP contribution < -0.4 is 5.56 Å². The maximum Gasteiger partial charge on any atom is 0.266 e. The minimum Gasteiger partial charge on any atom is -0.303 e. The molecule has 13 heavy (non-hydrogen) atoms. The fourth-order valence-electron chi connectivity index (χ4n) is 1.24. The highest BCUT2D eigenvalue weighted by Crippen LogP contribution is 1.98. The highest BCUT2D eigenvalue weighted by Gasteiger charge is 1.95. The van der Waals surface area contributed by atoms with Crippen molar-refractivity contribution in [2.75, 3.05) is 0 Å². The summed E-state index contributed by atoms with van der Waals surface area (Å²) in [5.74, 6) is 0. The molecule has 2 rings (SSSR count). The SMILES string of the molecule is O=c1cc[nH]n1Cc1ccccc1. The molecule has 1 heterocycles. The summed E-state index contributed by atoms with van der Waals surface area (Å²) < 4.78 is 1.56. The van der Waals surface area contributed by atoms with Gasteiger partial charge in [-0.3, -0.25) is 4.79 Å². The number of hydrogen-bond donors (Lipinski definition) is 1. The predicted octanol–water partition coefficient (Wildman–Crippen LogP) is 1.22. The number of aromatic nitrogens is 2. The molecule has 0 spiro atoms. The molecule has 0 aliphatic rings. The molecular formula is C10H10N2O. The Morgan fingerprint density at radius 3 is 2.54 bits per heavy atom. The van der Waals surface area contributed by atoms with Gasteiger partial charge in [0, 0.05) is 12.3 Å². The van der Waals surface area contributed by atoms with E-state index < -0.39 is 0 Å². The summed E-state index contributed by atoms with van der Waals surface area (Å²) in [5, 5.41) is 2.86. The van der Waals surface area contributed by atoms with Gasteiger partial charge < -0.3 is 5.10 Å². The number of benzene rings is 1. The summed E-state index contributed by atoms with van der Waals surface area (Å²) in [6, 6.07) is 11.4. The normalized spacial score (nSPS) is 10.2. The molecule has 0 aliphatic carbocycles. The Bertz CT molecular complexity index is 427. The highest BCUT2D eigenvalue weighted by atomic mass is 16.1. The van der Waals surface area contributed by atoms with Gasteiger partial charge in [-0.15, -0.1) is 0 Å². The minimum atomic E-state index is 0.00357. The van der Waals surface area contributed by atoms with Gasteiger partial charge in [-0.2, -0.15) is 0 Å². The average molecular weight is 174 g/mol. The molecule has 1 aromatic carbocycles. The fraction of sp³-hybridized carbons (Fsp3) is 0.100. The molecule has 0 saturated carbocycles. The van der Waals surface area contributed by atoms with Crippen molar-refractivity contribution >= 4 is 0 Å². The zero-order chi connectivity index (χ0) is 9.10. The maximum absolute atomic E-state index is 11.2. The standard InChI is InChI=1S/C10H10N2O/c13-10-6-7-11-12(10)8-9-4-2-1-3-5-9/h1-7,11H,8H2. The van der Waals surface area contributed by atoms with Crippen LogP contribution in [0.15, 0.2) is 47.4 Å². The molecule has 0 bridgehead atoms. The van der Waals surface area contributed by atoms with Crippen molar-refractivity contribution in [1.29, 1.82) is 0 Å². The van der Waals surface area contributed by atoms with Crippen LogP contribution in [0.4, 0.5) is 0 Å². The van der Waals surface area contributed by atoms with Crippen LogP contribution in [0.25, 0.3) is 0 Å². The van der Waals surface area contributed by atoms with E-state index in [9.17, 15) is 4.79 Å². The molecule has 0 saturated heterocycles. The lowest BCUT2D eigenvalue weighted by molar-refractivity contribution is 0.664. The summed E-state index contributed by atoms with van der Waals surface area (Å²) in [7, 11) is 0. The molecule has 3 heteroatoms. The number of rotatable bonds is 2. The first-order valence-corrected chi connectivity index (χ1v) is 4.14. The van der Waals surface area contributed by atoms with E-state index in [1.807, 2.05) is 30.3 Å². The fourth-order valence-corrected chi connectivity index (χ4v) is 1.24. The molecular weight excluding hydrogens is 164 g/mol. The molecule has 0 fully saturated rings. The van der Waals surface area contributed by atoms with Crippen molar-refractivity contribution in [3.8, 4) is 0 Å². The van der Waals surface area contributed by atoms with E-state index in [0.717, 1.165) is 5.56 Å². The predicted molar refractivity (Wildman–Crippen MR) is 50.6 cm³/mol. The summed E-state index contributed by atoms with van der Waals surface area (Å²) in [6.07, 6.45) is 1.64. The summed E-state index contributed by atoms with van der Waals surface area (Å²) in [6.45, 7) is 0.604. The van der Waals surface area contributed by atoms with Crippen LogP contribution in [0, 0.1) is 0 Å². The number of H-pyrrole nitrogens is 1. The molecule has 0 radical (unpaired) electrons. The third kappa shape index (κ3) is 1.69. The smallest absolute Gasteiger partial charge is 0.266 e. The summed E-state index contributed by atoms with van der Waals surface area (Å²) in [4.78, 5) is 11.2. The largest absolute Gasteiger partial charge is 0.303 e. The lowest BCUT2D eigenvalue weighted by Crippen LogP contribution is -2.16. The Kier molecular flexibility index (Phi) is 2.00. The maximum atomic E-state index is 11.2. The molecule has 3 nitrogen and oxygen atoms in total. The first kappa shape index (κ1) is 7.86. The van der Waals surface area contributed by atoms with E-state index >= 15 is 0 Å². The van der Waals surface area contributed by atoms with Crippen molar-refractivity contribution in [2.45, 2.75) is 6.54 Å². The van der Waals surface area contributed by atoms with E-state index in [0.29, 0.717) is 6.54 Å². The lowest BCUT2D eigenvalue weighted by Gasteiger charge is -2.00. The summed E-state index contributed by atoms with van der Waals surface area (Å²) >= 11 is 0. The second-order valence-corrected chi connectivity index (χ2v) is 2.87. The van der Waals surface area contributed by atoms with Crippen molar-refractivity contribution in [2.24, 2.45) is 0 Å². The van der Waals surface area contributed by atoms with Gasteiger partial charge in [0.1, 0.15) is 0 Å². The lowest BCUT2D eigenvalue weighted by atomic mass is 10.2. The molecule has 0 unspecified atom stereocenters. The van der Waals surface area contributed by atoms with Crippen molar-refractivity contribution in [3.63, 3.8) is 0 Å². The number of nitrogens with one attached hydrogen (secondary N) is 1. The van der Waals surface area contributed by atoms with Crippen LogP contribution in [0.5, 0.6) is 0 Å². The van der Waals surface area contributed by atoms with E-state index in [1.165, 1.54) is 6.07 Å². The second-order valence-electron chi connectivity index (χ2n) is 2.87. The third-order valence-electron chi connectivity index (χ3n) is 1.91. The summed E-state index contributed by atoms with van der Waals surface area (Å²) in [5.41, 5.74) is 1.12. The van der Waals surface area contributed by atoms with Gasteiger partial charge in [0.15, 0.2) is 0 Å². The Hall–Kier alpha value is -1.77. The van der Waals surface area contributed by atoms with Gasteiger partial charge in [0.2, 0.25) is 0 Å². The molecule has 1 aromatic heterocycles. The first-order chi connectivity index (χ1) is 6.36. The molecule has 0 amide bonds. The van der Waals surface area contributed by atoms with Crippen molar-refractivity contribution < 1.29 is 0 Å². The van der Waals surface area contributed by atoms with Gasteiger partial charge in [0.05, 0.1) is 6.54 Å². The molecule has 1 N–H and O–H groups in total. The number of aromatic amines is 1. The van der Waals surface area contributed by atoms with Crippen LogP contribution in [0.1, 0.15) is 5.56 Å². The third-order valence-corrected chi connectivity index (χ3v) is 1.91. The Morgan fingerprint density at radius 2 is 1.92 bits per heavy atom. The van der Waals surface area contributed by atoms with E-state index in [2.05, 4.69) is 5.10 Å². The van der Waals surface area contributed by atoms with E-state index in [-0.39, 0.29) is 5.56 Å². The number of nitrogens with zero attached hydrogens (tertiary/aromatic N) is 1. The molecule has 0 atom stereocenters. The first-order valence-electron chi connectivity index (χ1n) is 4.14. The highest BCUT2D eigenvalue weighted by molar-refractivity contribution is 5.14. The van der Waals surface area contributed by atoms with Gasteiger partial charge in [-0.05, 0) is 5.56 Å². The van der Waals surface area contributed by atoms with Crippen LogP contribution in [0.2, 0.25) is 0 Å². The minimum absolute atomic E-state index is 0.00357. The van der Waals surface area contributed by atoms with Gasteiger partial charge >= 0.3 is 0 Å².